The predicted molar refractivity (Wildman–Crippen MR) is 76.4 cm³/mol. The zero-order valence-electron chi connectivity index (χ0n) is 10.2. The van der Waals surface area contributed by atoms with E-state index in [1.165, 1.54) is 6.07 Å². The first-order chi connectivity index (χ1) is 9.31. The van der Waals surface area contributed by atoms with Gasteiger partial charge in [-0.2, -0.15) is 0 Å². The van der Waals surface area contributed by atoms with E-state index in [-0.39, 0.29) is 18.4 Å². The highest BCUT2D eigenvalue weighted by atomic mass is 127. The third-order valence-corrected chi connectivity index (χ3v) is 3.35. The Hall–Kier alpha value is -1.71. The molecule has 1 aromatic carbocycles. The Morgan fingerprint density at radius 3 is 2.55 bits per heavy atom. The molecule has 0 fully saturated rings. The highest BCUT2D eigenvalue weighted by Gasteiger charge is 2.22. The highest BCUT2D eigenvalue weighted by Crippen LogP contribution is 2.14. The normalized spacial score (nSPS) is 11.7. The van der Waals surface area contributed by atoms with Gasteiger partial charge in [0.15, 0.2) is 0 Å². The number of rotatable bonds is 6. The number of aliphatic carboxylic acids is 1. The summed E-state index contributed by atoms with van der Waals surface area (Å²) >= 11 is 1.77. The van der Waals surface area contributed by atoms with Crippen LogP contribution < -0.4 is 11.1 Å². The van der Waals surface area contributed by atoms with E-state index in [9.17, 15) is 18.8 Å². The first kappa shape index (κ1) is 16.3. The van der Waals surface area contributed by atoms with Crippen molar-refractivity contribution in [3.8, 4) is 0 Å². The number of carbonyl (C=O) groups is 3. The molecule has 0 aliphatic rings. The molecule has 0 bridgehead atoms. The number of carbonyl (C=O) groups excluding carboxylic acids is 2. The van der Waals surface area contributed by atoms with Crippen LogP contribution in [0.3, 0.4) is 0 Å². The molecular weight excluding hydrogens is 382 g/mol. The lowest BCUT2D eigenvalue weighted by Crippen LogP contribution is -2.41. The summed E-state index contributed by atoms with van der Waals surface area (Å²) in [4.78, 5) is 33.6. The fourth-order valence-corrected chi connectivity index (χ4v) is 2.18. The smallest absolute Gasteiger partial charge is 0.326 e. The summed E-state index contributed by atoms with van der Waals surface area (Å²) in [5, 5.41) is 11.2. The van der Waals surface area contributed by atoms with Crippen LogP contribution >= 0.6 is 22.6 Å². The summed E-state index contributed by atoms with van der Waals surface area (Å²) in [5.74, 6) is -3.06. The summed E-state index contributed by atoms with van der Waals surface area (Å²) in [5.41, 5.74) is 5.10. The van der Waals surface area contributed by atoms with Gasteiger partial charge in [-0.3, -0.25) is 9.59 Å². The molecule has 4 N–H and O–H groups in total. The molecule has 0 spiro atoms. The fourth-order valence-electron chi connectivity index (χ4n) is 1.45. The summed E-state index contributed by atoms with van der Waals surface area (Å²) in [6, 6.07) is 2.31. The third-order valence-electron chi connectivity index (χ3n) is 2.46. The first-order valence-electron chi connectivity index (χ1n) is 5.58. The standard InChI is InChI=1S/C12H12FIN2O4/c13-6-1-2-7(8(14)5-6)11(18)16-9(12(19)20)3-4-10(15)17/h1-2,5,9H,3-4H2,(H2,15,17)(H,16,18)(H,19,20)/t9-/m0/s1. The minimum absolute atomic E-state index is 0.103. The van der Waals surface area contributed by atoms with Gasteiger partial charge >= 0.3 is 5.97 Å². The third kappa shape index (κ3) is 4.76. The molecule has 0 heterocycles. The van der Waals surface area contributed by atoms with Gasteiger partial charge in [0.2, 0.25) is 5.91 Å². The zero-order chi connectivity index (χ0) is 15.3. The van der Waals surface area contributed by atoms with Gasteiger partial charge in [0.05, 0.1) is 5.56 Å². The van der Waals surface area contributed by atoms with Crippen LogP contribution in [0.5, 0.6) is 0 Å². The Morgan fingerprint density at radius 1 is 1.40 bits per heavy atom. The number of nitrogens with two attached hydrogens (primary N) is 1. The van der Waals surface area contributed by atoms with Crippen molar-refractivity contribution in [2.75, 3.05) is 0 Å². The van der Waals surface area contributed by atoms with E-state index in [0.29, 0.717) is 3.57 Å². The van der Waals surface area contributed by atoms with Crippen LogP contribution in [0.15, 0.2) is 18.2 Å². The lowest BCUT2D eigenvalue weighted by atomic mass is 10.1. The van der Waals surface area contributed by atoms with Gasteiger partial charge < -0.3 is 16.2 Å². The number of amides is 2. The molecule has 108 valence electrons. The number of hydrogen-bond acceptors (Lipinski definition) is 3. The van der Waals surface area contributed by atoms with Crippen LogP contribution in [0.2, 0.25) is 0 Å². The summed E-state index contributed by atoms with van der Waals surface area (Å²) in [6.07, 6.45) is -0.258. The van der Waals surface area contributed by atoms with Gasteiger partial charge in [-0.25, -0.2) is 9.18 Å². The average Bonchev–Trinajstić information content (AvgIpc) is 2.33. The van der Waals surface area contributed by atoms with Crippen LogP contribution in [-0.2, 0) is 9.59 Å². The Kier molecular flexibility index (Phi) is 5.86. The van der Waals surface area contributed by atoms with Crippen molar-refractivity contribution in [3.63, 3.8) is 0 Å². The SMILES string of the molecule is NC(=O)CC[C@H](NC(=O)c1ccc(F)cc1I)C(=O)O. The van der Waals surface area contributed by atoms with E-state index in [0.717, 1.165) is 12.1 Å². The highest BCUT2D eigenvalue weighted by molar-refractivity contribution is 14.1. The van der Waals surface area contributed by atoms with Gasteiger partial charge in [-0.15, -0.1) is 0 Å². The molecule has 20 heavy (non-hydrogen) atoms. The van der Waals surface area contributed by atoms with E-state index in [1.54, 1.807) is 22.6 Å². The summed E-state index contributed by atoms with van der Waals surface area (Å²) in [6.45, 7) is 0. The molecule has 1 atom stereocenters. The van der Waals surface area contributed by atoms with Crippen molar-refractivity contribution in [1.82, 2.24) is 5.32 Å². The van der Waals surface area contributed by atoms with Gasteiger partial charge in [0, 0.05) is 9.99 Å². The largest absolute Gasteiger partial charge is 0.480 e. The van der Waals surface area contributed by atoms with Gasteiger partial charge in [-0.1, -0.05) is 0 Å². The number of halogens is 2. The lowest BCUT2D eigenvalue weighted by Gasteiger charge is -2.14. The van der Waals surface area contributed by atoms with Gasteiger partial charge in [-0.05, 0) is 47.2 Å². The molecule has 8 heteroatoms. The second kappa shape index (κ2) is 7.17. The van der Waals surface area contributed by atoms with Crippen LogP contribution in [0.4, 0.5) is 4.39 Å². The van der Waals surface area contributed by atoms with Gasteiger partial charge in [0.25, 0.3) is 5.91 Å². The van der Waals surface area contributed by atoms with E-state index in [1.807, 2.05) is 0 Å². The molecule has 0 saturated carbocycles. The quantitative estimate of drug-likeness (QED) is 0.623. The van der Waals surface area contributed by atoms with Crippen molar-refractivity contribution in [2.45, 2.75) is 18.9 Å². The number of nitrogens with one attached hydrogen (secondary N) is 1. The van der Waals surface area contributed by atoms with E-state index < -0.39 is 29.6 Å². The molecule has 0 radical (unpaired) electrons. The van der Waals surface area contributed by atoms with Crippen molar-refractivity contribution in [3.05, 3.63) is 33.1 Å². The molecule has 0 saturated heterocycles. The van der Waals surface area contributed by atoms with Crippen molar-refractivity contribution >= 4 is 40.4 Å². The molecule has 2 amide bonds. The number of benzene rings is 1. The molecule has 1 rings (SSSR count). The molecule has 0 aromatic heterocycles. The van der Waals surface area contributed by atoms with Gasteiger partial charge in [0.1, 0.15) is 11.9 Å². The molecule has 0 aliphatic carbocycles. The molecular formula is C12H12FIN2O4. The fraction of sp³-hybridized carbons (Fsp3) is 0.250. The second-order valence-electron chi connectivity index (χ2n) is 3.99. The maximum Gasteiger partial charge on any atom is 0.326 e. The van der Waals surface area contributed by atoms with E-state index >= 15 is 0 Å². The van der Waals surface area contributed by atoms with Crippen LogP contribution in [0.25, 0.3) is 0 Å². The van der Waals surface area contributed by atoms with E-state index in [4.69, 9.17) is 10.8 Å². The monoisotopic (exact) mass is 394 g/mol. The first-order valence-corrected chi connectivity index (χ1v) is 6.66. The second-order valence-corrected chi connectivity index (χ2v) is 5.16. The van der Waals surface area contributed by atoms with Crippen LogP contribution in [-0.4, -0.2) is 28.9 Å². The predicted octanol–water partition coefficient (Wildman–Crippen LogP) is 0.879. The number of hydrogen-bond donors (Lipinski definition) is 3. The molecule has 0 unspecified atom stereocenters. The summed E-state index contributed by atoms with van der Waals surface area (Å²) < 4.78 is 13.3. The van der Waals surface area contributed by atoms with Crippen molar-refractivity contribution in [2.24, 2.45) is 5.73 Å². The lowest BCUT2D eigenvalue weighted by molar-refractivity contribution is -0.139. The minimum Gasteiger partial charge on any atom is -0.480 e. The van der Waals surface area contributed by atoms with Crippen LogP contribution in [0.1, 0.15) is 23.2 Å². The molecule has 6 nitrogen and oxygen atoms in total. The maximum absolute atomic E-state index is 12.9. The number of carboxylic acids is 1. The summed E-state index contributed by atoms with van der Waals surface area (Å²) in [7, 11) is 0. The minimum atomic E-state index is -1.27. The van der Waals surface area contributed by atoms with Crippen LogP contribution in [0, 0.1) is 9.39 Å². The Morgan fingerprint density at radius 2 is 2.05 bits per heavy atom. The zero-order valence-corrected chi connectivity index (χ0v) is 12.4. The number of primary amides is 1. The Balaban J connectivity index is 2.80. The molecule has 0 aliphatic heterocycles. The Bertz CT molecular complexity index is 550. The van der Waals surface area contributed by atoms with Crippen molar-refractivity contribution in [1.29, 1.82) is 0 Å². The maximum atomic E-state index is 12.9. The van der Waals surface area contributed by atoms with E-state index in [2.05, 4.69) is 5.32 Å². The topological polar surface area (TPSA) is 109 Å². The Labute approximate surface area is 127 Å². The average molecular weight is 394 g/mol. The molecule has 1 aromatic rings. The van der Waals surface area contributed by atoms with Crippen molar-refractivity contribution < 1.29 is 23.9 Å². The number of carboxylic acid groups (broad SMARTS) is 1.